The SMILES string of the molecule is COC(CNC(=O)N(C)C1CCC1)C(=O)O. The summed E-state index contributed by atoms with van der Waals surface area (Å²) in [6, 6.07) is 0.0545. The number of carbonyl (C=O) groups is 2. The first-order chi connectivity index (χ1) is 7.56. The van der Waals surface area contributed by atoms with E-state index in [1.807, 2.05) is 0 Å². The van der Waals surface area contributed by atoms with Gasteiger partial charge in [-0.1, -0.05) is 0 Å². The lowest BCUT2D eigenvalue weighted by Gasteiger charge is -2.34. The van der Waals surface area contributed by atoms with Crippen molar-refractivity contribution in [3.05, 3.63) is 0 Å². The lowest BCUT2D eigenvalue weighted by Crippen LogP contribution is -2.49. The van der Waals surface area contributed by atoms with Crippen LogP contribution in [0.1, 0.15) is 19.3 Å². The molecule has 0 aromatic heterocycles. The molecule has 1 aliphatic carbocycles. The number of methoxy groups -OCH3 is 1. The Morgan fingerprint density at radius 2 is 2.19 bits per heavy atom. The Morgan fingerprint density at radius 1 is 1.56 bits per heavy atom. The number of nitrogens with zero attached hydrogens (tertiary/aromatic N) is 1. The first-order valence-electron chi connectivity index (χ1n) is 5.32. The van der Waals surface area contributed by atoms with Crippen LogP contribution in [0, 0.1) is 0 Å². The molecule has 16 heavy (non-hydrogen) atoms. The minimum Gasteiger partial charge on any atom is -0.479 e. The monoisotopic (exact) mass is 230 g/mol. The van der Waals surface area contributed by atoms with Gasteiger partial charge in [-0.2, -0.15) is 0 Å². The van der Waals surface area contributed by atoms with Crippen molar-refractivity contribution in [3.63, 3.8) is 0 Å². The number of rotatable bonds is 5. The molecule has 1 fully saturated rings. The molecular formula is C10H18N2O4. The van der Waals surface area contributed by atoms with E-state index in [0.717, 1.165) is 19.3 Å². The Morgan fingerprint density at radius 3 is 2.56 bits per heavy atom. The molecule has 1 rings (SSSR count). The molecule has 1 aliphatic rings. The molecule has 0 radical (unpaired) electrons. The Bertz CT molecular complexity index is 266. The van der Waals surface area contributed by atoms with Crippen LogP contribution >= 0.6 is 0 Å². The number of aliphatic carboxylic acids is 1. The van der Waals surface area contributed by atoms with E-state index in [4.69, 9.17) is 9.84 Å². The molecule has 0 aromatic carbocycles. The highest BCUT2D eigenvalue weighted by molar-refractivity contribution is 5.77. The summed E-state index contributed by atoms with van der Waals surface area (Å²) in [7, 11) is 3.03. The highest BCUT2D eigenvalue weighted by Gasteiger charge is 2.26. The number of hydrogen-bond acceptors (Lipinski definition) is 3. The van der Waals surface area contributed by atoms with Crippen molar-refractivity contribution < 1.29 is 19.4 Å². The van der Waals surface area contributed by atoms with Crippen LogP contribution in [0.15, 0.2) is 0 Å². The fourth-order valence-corrected chi connectivity index (χ4v) is 1.52. The predicted molar refractivity (Wildman–Crippen MR) is 57.2 cm³/mol. The van der Waals surface area contributed by atoms with E-state index in [1.54, 1.807) is 11.9 Å². The molecule has 0 heterocycles. The van der Waals surface area contributed by atoms with Crippen molar-refractivity contribution in [2.75, 3.05) is 20.7 Å². The molecule has 6 nitrogen and oxygen atoms in total. The number of carbonyl (C=O) groups excluding carboxylic acids is 1. The Kier molecular flexibility index (Phi) is 4.54. The van der Waals surface area contributed by atoms with Gasteiger partial charge >= 0.3 is 12.0 Å². The first kappa shape index (κ1) is 12.8. The van der Waals surface area contributed by atoms with E-state index in [-0.39, 0.29) is 12.6 Å². The van der Waals surface area contributed by atoms with E-state index in [1.165, 1.54) is 7.11 Å². The van der Waals surface area contributed by atoms with Crippen molar-refractivity contribution in [2.24, 2.45) is 0 Å². The average Bonchev–Trinajstić information content (AvgIpc) is 2.15. The lowest BCUT2D eigenvalue weighted by molar-refractivity contribution is -0.148. The highest BCUT2D eigenvalue weighted by Crippen LogP contribution is 2.23. The minimum absolute atomic E-state index is 0.0122. The third-order valence-corrected chi connectivity index (χ3v) is 2.94. The standard InChI is InChI=1S/C10H18N2O4/c1-12(7-4-3-5-7)10(15)11-6-8(16-2)9(13)14/h7-8H,3-6H2,1-2H3,(H,11,15)(H,13,14). The fourth-order valence-electron chi connectivity index (χ4n) is 1.52. The van der Waals surface area contributed by atoms with Gasteiger partial charge in [-0.3, -0.25) is 0 Å². The van der Waals surface area contributed by atoms with Crippen molar-refractivity contribution in [1.82, 2.24) is 10.2 Å². The maximum absolute atomic E-state index is 11.6. The van der Waals surface area contributed by atoms with Crippen LogP contribution in [0.2, 0.25) is 0 Å². The van der Waals surface area contributed by atoms with Gasteiger partial charge in [0.1, 0.15) is 0 Å². The number of amides is 2. The summed E-state index contributed by atoms with van der Waals surface area (Å²) in [6.45, 7) is -0.0122. The van der Waals surface area contributed by atoms with Gasteiger partial charge in [0, 0.05) is 20.2 Å². The average molecular weight is 230 g/mol. The molecule has 1 unspecified atom stereocenters. The smallest absolute Gasteiger partial charge is 0.334 e. The zero-order valence-electron chi connectivity index (χ0n) is 9.60. The van der Waals surface area contributed by atoms with Gasteiger partial charge in [-0.15, -0.1) is 0 Å². The largest absolute Gasteiger partial charge is 0.479 e. The zero-order valence-corrected chi connectivity index (χ0v) is 9.60. The summed E-state index contributed by atoms with van der Waals surface area (Å²) in [5.41, 5.74) is 0. The molecule has 0 aliphatic heterocycles. The lowest BCUT2D eigenvalue weighted by atomic mass is 9.92. The number of hydrogen-bond donors (Lipinski definition) is 2. The van der Waals surface area contributed by atoms with Gasteiger partial charge in [0.05, 0.1) is 6.54 Å². The first-order valence-corrected chi connectivity index (χ1v) is 5.32. The Balaban J connectivity index is 2.30. The van der Waals surface area contributed by atoms with E-state index < -0.39 is 12.1 Å². The van der Waals surface area contributed by atoms with Crippen molar-refractivity contribution >= 4 is 12.0 Å². The zero-order chi connectivity index (χ0) is 12.1. The molecule has 0 spiro atoms. The van der Waals surface area contributed by atoms with Crippen LogP contribution in [0.4, 0.5) is 4.79 Å². The predicted octanol–water partition coefficient (Wildman–Crippen LogP) is 0.280. The summed E-state index contributed by atoms with van der Waals surface area (Å²) in [5.74, 6) is -1.07. The summed E-state index contributed by atoms with van der Waals surface area (Å²) < 4.78 is 4.71. The molecule has 2 N–H and O–H groups in total. The maximum atomic E-state index is 11.6. The van der Waals surface area contributed by atoms with Crippen LogP contribution in [-0.2, 0) is 9.53 Å². The summed E-state index contributed by atoms with van der Waals surface area (Å²) in [6.07, 6.45) is 2.21. The number of nitrogens with one attached hydrogen (secondary N) is 1. The molecule has 0 saturated heterocycles. The molecular weight excluding hydrogens is 212 g/mol. The molecule has 6 heteroatoms. The van der Waals surface area contributed by atoms with Gasteiger partial charge in [0.2, 0.25) is 0 Å². The second-order valence-electron chi connectivity index (χ2n) is 3.94. The van der Waals surface area contributed by atoms with E-state index >= 15 is 0 Å². The van der Waals surface area contributed by atoms with Gasteiger partial charge in [-0.05, 0) is 19.3 Å². The molecule has 0 aromatic rings. The summed E-state index contributed by atoms with van der Waals surface area (Å²) in [4.78, 5) is 23.8. The number of carboxylic acid groups (broad SMARTS) is 1. The number of urea groups is 1. The molecule has 2 amide bonds. The third-order valence-electron chi connectivity index (χ3n) is 2.94. The van der Waals surface area contributed by atoms with Crippen molar-refractivity contribution in [3.8, 4) is 0 Å². The minimum atomic E-state index is -1.07. The van der Waals surface area contributed by atoms with Gasteiger partial charge in [0.25, 0.3) is 0 Å². The summed E-state index contributed by atoms with van der Waals surface area (Å²) in [5, 5.41) is 11.2. The quantitative estimate of drug-likeness (QED) is 0.711. The van der Waals surface area contributed by atoms with E-state index in [0.29, 0.717) is 6.04 Å². The van der Waals surface area contributed by atoms with Gasteiger partial charge in [-0.25, -0.2) is 9.59 Å². The number of ether oxygens (including phenoxy) is 1. The van der Waals surface area contributed by atoms with Crippen molar-refractivity contribution in [2.45, 2.75) is 31.4 Å². The molecule has 1 atom stereocenters. The summed E-state index contributed by atoms with van der Waals surface area (Å²) >= 11 is 0. The second-order valence-corrected chi connectivity index (χ2v) is 3.94. The normalized spacial score (nSPS) is 17.4. The van der Waals surface area contributed by atoms with Gasteiger partial charge < -0.3 is 20.1 Å². The Labute approximate surface area is 94.6 Å². The van der Waals surface area contributed by atoms with Crippen LogP contribution < -0.4 is 5.32 Å². The van der Waals surface area contributed by atoms with E-state index in [9.17, 15) is 9.59 Å². The maximum Gasteiger partial charge on any atom is 0.334 e. The van der Waals surface area contributed by atoms with Crippen molar-refractivity contribution in [1.29, 1.82) is 0 Å². The molecule has 92 valence electrons. The van der Waals surface area contributed by atoms with E-state index in [2.05, 4.69) is 5.32 Å². The number of carboxylic acids is 1. The van der Waals surface area contributed by atoms with Crippen LogP contribution in [0.25, 0.3) is 0 Å². The van der Waals surface area contributed by atoms with Crippen LogP contribution in [-0.4, -0.2) is 54.9 Å². The van der Waals surface area contributed by atoms with Crippen LogP contribution in [0.3, 0.4) is 0 Å². The highest BCUT2D eigenvalue weighted by atomic mass is 16.5. The third kappa shape index (κ3) is 3.10. The Hall–Kier alpha value is -1.30. The second kappa shape index (κ2) is 5.69. The molecule has 0 bridgehead atoms. The van der Waals surface area contributed by atoms with Gasteiger partial charge in [0.15, 0.2) is 6.10 Å². The van der Waals surface area contributed by atoms with Crippen LogP contribution in [0.5, 0.6) is 0 Å². The fraction of sp³-hybridized carbons (Fsp3) is 0.800. The topological polar surface area (TPSA) is 78.9 Å². The molecule has 1 saturated carbocycles.